The van der Waals surface area contributed by atoms with Crippen LogP contribution in [0.5, 0.6) is 5.75 Å². The van der Waals surface area contributed by atoms with Gasteiger partial charge in [0.05, 0.1) is 12.7 Å². The quantitative estimate of drug-likeness (QED) is 0.840. The SMILES string of the molecule is CC/C(C(=O)O)=C(\C)N=C1CCCN1c1ccc(OC)cc1C. The van der Waals surface area contributed by atoms with Gasteiger partial charge in [-0.1, -0.05) is 6.92 Å². The summed E-state index contributed by atoms with van der Waals surface area (Å²) in [6, 6.07) is 5.98. The maximum absolute atomic E-state index is 11.3. The fraction of sp³-hybridized carbons (Fsp3) is 0.444. The van der Waals surface area contributed by atoms with Gasteiger partial charge in [0.15, 0.2) is 0 Å². The average Bonchev–Trinajstić information content (AvgIpc) is 2.95. The topological polar surface area (TPSA) is 62.1 Å². The lowest BCUT2D eigenvalue weighted by atomic mass is 10.1. The predicted molar refractivity (Wildman–Crippen MR) is 92.4 cm³/mol. The number of hydrogen-bond donors (Lipinski definition) is 1. The highest BCUT2D eigenvalue weighted by molar-refractivity contribution is 6.01. The minimum Gasteiger partial charge on any atom is -0.497 e. The number of carboxylic acid groups (broad SMARTS) is 1. The Kier molecular flexibility index (Phi) is 5.42. The normalized spacial score (nSPS) is 17.4. The van der Waals surface area contributed by atoms with Crippen LogP contribution in [0.4, 0.5) is 5.69 Å². The molecule has 0 atom stereocenters. The number of carboxylic acids is 1. The Hall–Kier alpha value is -2.30. The molecule has 1 fully saturated rings. The summed E-state index contributed by atoms with van der Waals surface area (Å²) in [6.07, 6.45) is 2.35. The van der Waals surface area contributed by atoms with E-state index in [0.717, 1.165) is 42.2 Å². The predicted octanol–water partition coefficient (Wildman–Crippen LogP) is 3.77. The van der Waals surface area contributed by atoms with Crippen molar-refractivity contribution in [3.05, 3.63) is 35.0 Å². The highest BCUT2D eigenvalue weighted by Crippen LogP contribution is 2.29. The molecule has 0 saturated carbocycles. The summed E-state index contributed by atoms with van der Waals surface area (Å²) in [5.41, 5.74) is 3.18. The molecule has 23 heavy (non-hydrogen) atoms. The van der Waals surface area contributed by atoms with Crippen molar-refractivity contribution >= 4 is 17.5 Å². The molecule has 1 aliphatic rings. The molecule has 0 aromatic heterocycles. The molecule has 5 nitrogen and oxygen atoms in total. The second-order valence-corrected chi connectivity index (χ2v) is 5.66. The molecule has 1 heterocycles. The number of anilines is 1. The van der Waals surface area contributed by atoms with Crippen LogP contribution in [0.2, 0.25) is 0 Å². The van der Waals surface area contributed by atoms with Gasteiger partial charge in [0, 0.05) is 24.4 Å². The van der Waals surface area contributed by atoms with E-state index in [-0.39, 0.29) is 0 Å². The molecule has 0 aliphatic carbocycles. The highest BCUT2D eigenvalue weighted by Gasteiger charge is 2.22. The molecule has 0 amide bonds. The maximum atomic E-state index is 11.3. The Morgan fingerprint density at radius 3 is 2.74 bits per heavy atom. The Morgan fingerprint density at radius 1 is 1.43 bits per heavy atom. The fourth-order valence-corrected chi connectivity index (χ4v) is 2.92. The van der Waals surface area contributed by atoms with Crippen molar-refractivity contribution in [2.45, 2.75) is 40.0 Å². The molecule has 0 bridgehead atoms. The zero-order valence-electron chi connectivity index (χ0n) is 14.2. The van der Waals surface area contributed by atoms with E-state index >= 15 is 0 Å². The van der Waals surface area contributed by atoms with E-state index in [0.29, 0.717) is 17.7 Å². The Bertz CT molecular complexity index is 662. The first-order chi connectivity index (χ1) is 11.0. The van der Waals surface area contributed by atoms with Gasteiger partial charge in [-0.15, -0.1) is 0 Å². The Morgan fingerprint density at radius 2 is 2.17 bits per heavy atom. The van der Waals surface area contributed by atoms with Gasteiger partial charge in [0.2, 0.25) is 0 Å². The van der Waals surface area contributed by atoms with Gasteiger partial charge >= 0.3 is 5.97 Å². The van der Waals surface area contributed by atoms with Crippen molar-refractivity contribution < 1.29 is 14.6 Å². The molecular weight excluding hydrogens is 292 g/mol. The zero-order valence-corrected chi connectivity index (χ0v) is 14.2. The lowest BCUT2D eigenvalue weighted by molar-refractivity contribution is -0.132. The van der Waals surface area contributed by atoms with E-state index in [1.54, 1.807) is 14.0 Å². The molecular formula is C18H24N2O3. The first-order valence-corrected chi connectivity index (χ1v) is 7.90. The van der Waals surface area contributed by atoms with Crippen LogP contribution in [0.1, 0.15) is 38.7 Å². The van der Waals surface area contributed by atoms with Gasteiger partial charge in [-0.3, -0.25) is 0 Å². The van der Waals surface area contributed by atoms with E-state index in [9.17, 15) is 9.90 Å². The molecule has 2 rings (SSSR count). The standard InChI is InChI=1S/C18H24N2O3/c1-5-15(18(21)22)13(3)19-17-7-6-10-20(17)16-9-8-14(23-4)11-12(16)2/h8-9,11H,5-7,10H2,1-4H3,(H,21,22)/b15-13-,19-17?. The minimum absolute atomic E-state index is 0.371. The second kappa shape index (κ2) is 7.31. The number of rotatable bonds is 5. The van der Waals surface area contributed by atoms with Crippen molar-refractivity contribution in [3.63, 3.8) is 0 Å². The number of aryl methyl sites for hydroxylation is 1. The summed E-state index contributed by atoms with van der Waals surface area (Å²) in [6.45, 7) is 6.56. The number of carbonyl (C=O) groups is 1. The van der Waals surface area contributed by atoms with Crippen molar-refractivity contribution in [1.82, 2.24) is 0 Å². The van der Waals surface area contributed by atoms with Crippen LogP contribution in [0.25, 0.3) is 0 Å². The molecule has 1 saturated heterocycles. The molecule has 1 aliphatic heterocycles. The summed E-state index contributed by atoms with van der Waals surface area (Å²) in [5.74, 6) is 0.877. The number of amidine groups is 1. The monoisotopic (exact) mass is 316 g/mol. The number of benzene rings is 1. The van der Waals surface area contributed by atoms with Gasteiger partial charge in [-0.25, -0.2) is 9.79 Å². The molecule has 124 valence electrons. The summed E-state index contributed by atoms with van der Waals surface area (Å²) in [7, 11) is 1.66. The lowest BCUT2D eigenvalue weighted by Gasteiger charge is -2.22. The van der Waals surface area contributed by atoms with Crippen LogP contribution in [0.3, 0.4) is 0 Å². The van der Waals surface area contributed by atoms with Crippen LogP contribution in [0.15, 0.2) is 34.5 Å². The number of aliphatic carboxylic acids is 1. The van der Waals surface area contributed by atoms with Crippen LogP contribution in [0, 0.1) is 6.92 Å². The van der Waals surface area contributed by atoms with Gasteiger partial charge in [-0.2, -0.15) is 0 Å². The third-order valence-corrected chi connectivity index (χ3v) is 4.13. The smallest absolute Gasteiger partial charge is 0.333 e. The maximum Gasteiger partial charge on any atom is 0.333 e. The molecule has 5 heteroatoms. The van der Waals surface area contributed by atoms with E-state index in [2.05, 4.69) is 9.89 Å². The largest absolute Gasteiger partial charge is 0.497 e. The number of nitrogens with zero attached hydrogens (tertiary/aromatic N) is 2. The number of allylic oxidation sites excluding steroid dienone is 1. The van der Waals surface area contributed by atoms with E-state index in [1.165, 1.54) is 0 Å². The van der Waals surface area contributed by atoms with E-state index in [1.807, 2.05) is 32.0 Å². The van der Waals surface area contributed by atoms with Crippen LogP contribution in [-0.4, -0.2) is 30.6 Å². The molecule has 0 spiro atoms. The molecule has 0 unspecified atom stereocenters. The van der Waals surface area contributed by atoms with Gasteiger partial charge in [-0.05, 0) is 50.5 Å². The van der Waals surface area contributed by atoms with Gasteiger partial charge < -0.3 is 14.7 Å². The van der Waals surface area contributed by atoms with Crippen molar-refractivity contribution in [3.8, 4) is 5.75 Å². The number of methoxy groups -OCH3 is 1. The van der Waals surface area contributed by atoms with Crippen molar-refractivity contribution in [2.75, 3.05) is 18.6 Å². The first-order valence-electron chi connectivity index (χ1n) is 7.90. The van der Waals surface area contributed by atoms with Crippen molar-refractivity contribution in [1.29, 1.82) is 0 Å². The highest BCUT2D eigenvalue weighted by atomic mass is 16.5. The average molecular weight is 316 g/mol. The second-order valence-electron chi connectivity index (χ2n) is 5.66. The molecule has 1 N–H and O–H groups in total. The summed E-state index contributed by atoms with van der Waals surface area (Å²) in [4.78, 5) is 18.1. The zero-order chi connectivity index (χ0) is 17.0. The van der Waals surface area contributed by atoms with E-state index in [4.69, 9.17) is 4.74 Å². The fourth-order valence-electron chi connectivity index (χ4n) is 2.92. The lowest BCUT2D eigenvalue weighted by Crippen LogP contribution is -2.25. The van der Waals surface area contributed by atoms with Crippen LogP contribution < -0.4 is 9.64 Å². The number of hydrogen-bond acceptors (Lipinski definition) is 3. The van der Waals surface area contributed by atoms with Gasteiger partial charge in [0.1, 0.15) is 11.6 Å². The number of ether oxygens (including phenoxy) is 1. The van der Waals surface area contributed by atoms with Crippen LogP contribution in [-0.2, 0) is 4.79 Å². The van der Waals surface area contributed by atoms with E-state index < -0.39 is 5.97 Å². The Labute approximate surface area is 137 Å². The van der Waals surface area contributed by atoms with Crippen LogP contribution >= 0.6 is 0 Å². The third-order valence-electron chi connectivity index (χ3n) is 4.13. The minimum atomic E-state index is -0.889. The Balaban J connectivity index is 2.37. The molecule has 1 aromatic rings. The number of aliphatic imine (C=N–C) groups is 1. The summed E-state index contributed by atoms with van der Waals surface area (Å²) < 4.78 is 5.25. The molecule has 1 aromatic carbocycles. The summed E-state index contributed by atoms with van der Waals surface area (Å²) >= 11 is 0. The van der Waals surface area contributed by atoms with Gasteiger partial charge in [0.25, 0.3) is 0 Å². The first kappa shape index (κ1) is 17.1. The third kappa shape index (κ3) is 3.73. The van der Waals surface area contributed by atoms with Crippen molar-refractivity contribution in [2.24, 2.45) is 4.99 Å². The molecule has 0 radical (unpaired) electrons. The summed E-state index contributed by atoms with van der Waals surface area (Å²) in [5, 5.41) is 9.25.